The first-order valence-electron chi connectivity index (χ1n) is 13.5. The zero-order chi connectivity index (χ0) is 26.1. The van der Waals surface area contributed by atoms with Crippen molar-refractivity contribution in [2.24, 2.45) is 0 Å². The fourth-order valence-electron chi connectivity index (χ4n) is 5.61. The lowest BCUT2D eigenvalue weighted by molar-refractivity contribution is -0.144. The van der Waals surface area contributed by atoms with Crippen LogP contribution in [0.25, 0.3) is 21.9 Å². The normalized spacial score (nSPS) is 16.9. The van der Waals surface area contributed by atoms with Gasteiger partial charge in [0.25, 0.3) is 0 Å². The highest BCUT2D eigenvalue weighted by Crippen LogP contribution is 2.37. The van der Waals surface area contributed by atoms with Gasteiger partial charge in [-0.1, -0.05) is 12.8 Å². The van der Waals surface area contributed by atoms with Gasteiger partial charge >= 0.3 is 5.97 Å². The number of anilines is 3. The van der Waals surface area contributed by atoms with Crippen molar-refractivity contribution in [1.82, 2.24) is 34.6 Å². The maximum absolute atomic E-state index is 11.7. The van der Waals surface area contributed by atoms with E-state index < -0.39 is 0 Å². The maximum atomic E-state index is 11.7. The van der Waals surface area contributed by atoms with Crippen molar-refractivity contribution in [3.63, 3.8) is 0 Å². The number of rotatable bonds is 7. The highest BCUT2D eigenvalue weighted by atomic mass is 16.5. The Morgan fingerprint density at radius 1 is 1.05 bits per heavy atom. The lowest BCUT2D eigenvalue weighted by atomic mass is 10.2. The molecule has 11 heteroatoms. The number of carbonyl (C=O) groups excluding carboxylic acids is 1. The molecule has 1 aliphatic heterocycles. The number of fused-ring (bicyclic) bond motifs is 3. The number of hydrogen-bond acceptors (Lipinski definition) is 10. The van der Waals surface area contributed by atoms with Crippen LogP contribution in [0.2, 0.25) is 0 Å². The van der Waals surface area contributed by atoms with Crippen LogP contribution >= 0.6 is 0 Å². The topological polar surface area (TPSA) is 114 Å². The minimum Gasteiger partial charge on any atom is -0.465 e. The number of carbonyl (C=O) groups is 1. The average molecular weight is 516 g/mol. The van der Waals surface area contributed by atoms with E-state index in [9.17, 15) is 4.79 Å². The molecule has 2 fully saturated rings. The number of pyridine rings is 1. The Kier molecular flexibility index (Phi) is 6.75. The molecule has 5 heterocycles. The Labute approximate surface area is 221 Å². The molecule has 0 amide bonds. The molecule has 4 aromatic rings. The van der Waals surface area contributed by atoms with E-state index in [1.807, 2.05) is 38.4 Å². The van der Waals surface area contributed by atoms with Crippen molar-refractivity contribution in [3.8, 4) is 0 Å². The second-order valence-electron chi connectivity index (χ2n) is 10.1. The third kappa shape index (κ3) is 4.85. The molecule has 38 heavy (non-hydrogen) atoms. The maximum Gasteiger partial charge on any atom is 0.320 e. The summed E-state index contributed by atoms with van der Waals surface area (Å²) in [5.74, 6) is 1.73. The Morgan fingerprint density at radius 3 is 2.61 bits per heavy atom. The molecule has 0 radical (unpaired) electrons. The number of aryl methyl sites for hydroxylation is 1. The van der Waals surface area contributed by atoms with Crippen LogP contribution < -0.4 is 10.2 Å². The van der Waals surface area contributed by atoms with E-state index in [0.29, 0.717) is 31.0 Å². The van der Waals surface area contributed by atoms with Crippen LogP contribution in [-0.2, 0) is 9.53 Å². The fraction of sp³-hybridized carbons (Fsp3) is 0.481. The minimum atomic E-state index is -0.174. The van der Waals surface area contributed by atoms with Crippen LogP contribution in [0.5, 0.6) is 0 Å². The molecule has 0 atom stereocenters. The van der Waals surface area contributed by atoms with Crippen molar-refractivity contribution in [1.29, 1.82) is 0 Å². The largest absolute Gasteiger partial charge is 0.465 e. The molecule has 6 rings (SSSR count). The van der Waals surface area contributed by atoms with Gasteiger partial charge in [0, 0.05) is 54.9 Å². The number of hydrogen-bond donors (Lipinski definition) is 1. The second-order valence-corrected chi connectivity index (χ2v) is 10.1. The van der Waals surface area contributed by atoms with Gasteiger partial charge in [0.2, 0.25) is 5.95 Å². The van der Waals surface area contributed by atoms with E-state index in [2.05, 4.69) is 45.9 Å². The Morgan fingerprint density at radius 2 is 1.87 bits per heavy atom. The third-order valence-electron chi connectivity index (χ3n) is 7.50. The third-order valence-corrected chi connectivity index (χ3v) is 7.50. The molecule has 11 nitrogen and oxygen atoms in total. The van der Waals surface area contributed by atoms with Crippen molar-refractivity contribution >= 4 is 45.5 Å². The van der Waals surface area contributed by atoms with E-state index in [1.165, 1.54) is 12.8 Å². The summed E-state index contributed by atoms with van der Waals surface area (Å²) in [6, 6.07) is 6.42. The predicted molar refractivity (Wildman–Crippen MR) is 146 cm³/mol. The molecule has 0 bridgehead atoms. The predicted octanol–water partition coefficient (Wildman–Crippen LogP) is 3.62. The SMILES string of the molecule is CCOC(=O)CN1CCN(c2ccc(Nc3ncc4c5cc(C)ncc5n(C5CCCC5)c4n3)nn2)CC1. The van der Waals surface area contributed by atoms with Gasteiger partial charge in [-0.15, -0.1) is 10.2 Å². The first-order valence-corrected chi connectivity index (χ1v) is 13.5. The van der Waals surface area contributed by atoms with Crippen LogP contribution in [-0.4, -0.2) is 79.9 Å². The molecule has 0 unspecified atom stereocenters. The van der Waals surface area contributed by atoms with Crippen molar-refractivity contribution < 1.29 is 9.53 Å². The van der Waals surface area contributed by atoms with E-state index >= 15 is 0 Å². The van der Waals surface area contributed by atoms with Gasteiger partial charge in [0.15, 0.2) is 11.6 Å². The number of esters is 1. The Hall–Kier alpha value is -3.86. The molecule has 0 spiro atoms. The first-order chi connectivity index (χ1) is 18.6. The van der Waals surface area contributed by atoms with Gasteiger partial charge in [0.1, 0.15) is 5.65 Å². The van der Waals surface area contributed by atoms with Crippen molar-refractivity contribution in [2.75, 3.05) is 49.5 Å². The summed E-state index contributed by atoms with van der Waals surface area (Å²) in [5.41, 5.74) is 3.04. The summed E-state index contributed by atoms with van der Waals surface area (Å²) >= 11 is 0. The molecular weight excluding hydrogens is 482 g/mol. The molecule has 198 valence electrons. The summed E-state index contributed by atoms with van der Waals surface area (Å²) in [6.07, 6.45) is 8.66. The number of nitrogens with zero attached hydrogens (tertiary/aromatic N) is 8. The summed E-state index contributed by atoms with van der Waals surface area (Å²) in [7, 11) is 0. The second kappa shape index (κ2) is 10.5. The monoisotopic (exact) mass is 515 g/mol. The van der Waals surface area contributed by atoms with E-state index in [-0.39, 0.29) is 5.97 Å². The van der Waals surface area contributed by atoms with E-state index in [4.69, 9.17) is 9.72 Å². The summed E-state index contributed by atoms with van der Waals surface area (Å²) in [5, 5.41) is 14.3. The fourth-order valence-corrected chi connectivity index (χ4v) is 5.61. The van der Waals surface area contributed by atoms with Crippen LogP contribution in [0.15, 0.2) is 30.6 Å². The summed E-state index contributed by atoms with van der Waals surface area (Å²) in [6.45, 7) is 7.69. The standard InChI is InChI=1S/C27H33N9O2/c1-3-38-25(37)17-34-10-12-35(13-11-34)24-9-8-23(32-33-24)30-27-29-15-21-20-14-18(2)28-16-22(20)36(26(21)31-27)19-6-4-5-7-19/h8-9,14-16,19H,3-7,10-13,17H2,1-2H3,(H,29,30,31,32). The number of nitrogens with one attached hydrogen (secondary N) is 1. The van der Waals surface area contributed by atoms with E-state index in [0.717, 1.165) is 72.5 Å². The number of ether oxygens (including phenoxy) is 1. The van der Waals surface area contributed by atoms with Gasteiger partial charge in [0.05, 0.1) is 24.9 Å². The lowest BCUT2D eigenvalue weighted by Gasteiger charge is -2.34. The molecule has 1 saturated heterocycles. The summed E-state index contributed by atoms with van der Waals surface area (Å²) < 4.78 is 7.41. The highest BCUT2D eigenvalue weighted by Gasteiger charge is 2.24. The zero-order valence-corrected chi connectivity index (χ0v) is 21.9. The van der Waals surface area contributed by atoms with Crippen LogP contribution in [0.3, 0.4) is 0 Å². The Balaban J connectivity index is 1.18. The lowest BCUT2D eigenvalue weighted by Crippen LogP contribution is -2.48. The zero-order valence-electron chi connectivity index (χ0n) is 21.9. The van der Waals surface area contributed by atoms with Crippen LogP contribution in [0, 0.1) is 6.92 Å². The van der Waals surface area contributed by atoms with Crippen molar-refractivity contribution in [3.05, 3.63) is 36.3 Å². The molecule has 1 saturated carbocycles. The molecule has 1 N–H and O–H groups in total. The van der Waals surface area contributed by atoms with Gasteiger partial charge in [-0.25, -0.2) is 4.98 Å². The minimum absolute atomic E-state index is 0.174. The van der Waals surface area contributed by atoms with Gasteiger partial charge in [-0.2, -0.15) is 4.98 Å². The quantitative estimate of drug-likeness (QED) is 0.366. The Bertz CT molecular complexity index is 1440. The summed E-state index contributed by atoms with van der Waals surface area (Å²) in [4.78, 5) is 30.1. The van der Waals surface area contributed by atoms with Gasteiger partial charge < -0.3 is 19.5 Å². The van der Waals surface area contributed by atoms with E-state index in [1.54, 1.807) is 0 Å². The van der Waals surface area contributed by atoms with Gasteiger partial charge in [-0.3, -0.25) is 14.7 Å². The first kappa shape index (κ1) is 24.5. The molecule has 4 aromatic heterocycles. The highest BCUT2D eigenvalue weighted by molar-refractivity contribution is 6.06. The molecular formula is C27H33N9O2. The van der Waals surface area contributed by atoms with Crippen molar-refractivity contribution in [2.45, 2.75) is 45.6 Å². The molecule has 0 aromatic carbocycles. The molecule has 1 aliphatic carbocycles. The number of piperazine rings is 1. The smallest absolute Gasteiger partial charge is 0.320 e. The number of aromatic nitrogens is 6. The van der Waals surface area contributed by atoms with Crippen LogP contribution in [0.4, 0.5) is 17.6 Å². The van der Waals surface area contributed by atoms with Crippen LogP contribution in [0.1, 0.15) is 44.3 Å². The average Bonchev–Trinajstić information content (AvgIpc) is 3.55. The molecule has 2 aliphatic rings. The van der Waals surface area contributed by atoms with Gasteiger partial charge in [-0.05, 0) is 44.9 Å².